The van der Waals surface area contributed by atoms with Gasteiger partial charge in [-0.25, -0.2) is 0 Å². The Hall–Kier alpha value is -2.09. The third-order valence-electron chi connectivity index (χ3n) is 4.09. The van der Waals surface area contributed by atoms with Crippen LogP contribution in [0.15, 0.2) is 36.4 Å². The van der Waals surface area contributed by atoms with Crippen molar-refractivity contribution in [1.82, 2.24) is 4.98 Å². The second-order valence-electron chi connectivity index (χ2n) is 5.51. The Morgan fingerprint density at radius 2 is 1.81 bits per heavy atom. The average Bonchev–Trinajstić information content (AvgIpc) is 2.52. The number of benzene rings is 2. The Labute approximate surface area is 126 Å². The average molecular weight is 278 g/mol. The summed E-state index contributed by atoms with van der Waals surface area (Å²) in [6.45, 7) is 7.52. The molecule has 0 spiro atoms. The molecule has 3 aromatic rings. The first kappa shape index (κ1) is 13.9. The van der Waals surface area contributed by atoms with Gasteiger partial charge in [-0.15, -0.1) is 0 Å². The monoisotopic (exact) mass is 278 g/mol. The Bertz CT molecular complexity index is 790. The first-order valence-corrected chi connectivity index (χ1v) is 7.81. The van der Waals surface area contributed by atoms with Crippen LogP contribution in [0.25, 0.3) is 21.7 Å². The Balaban J connectivity index is 2.37. The number of pyridine rings is 1. The van der Waals surface area contributed by atoms with Crippen molar-refractivity contribution >= 4 is 27.4 Å². The van der Waals surface area contributed by atoms with Gasteiger partial charge < -0.3 is 5.32 Å². The fourth-order valence-electron chi connectivity index (χ4n) is 3.04. The number of hydrogen-bond donors (Lipinski definition) is 1. The van der Waals surface area contributed by atoms with Gasteiger partial charge in [0.05, 0.1) is 5.52 Å². The van der Waals surface area contributed by atoms with Crippen molar-refractivity contribution in [2.45, 2.75) is 33.6 Å². The van der Waals surface area contributed by atoms with E-state index < -0.39 is 0 Å². The number of nitrogens with one attached hydrogen (secondary N) is 1. The van der Waals surface area contributed by atoms with Crippen LogP contribution in [-0.2, 0) is 6.42 Å². The van der Waals surface area contributed by atoms with Gasteiger partial charge in [-0.2, -0.15) is 0 Å². The molecule has 0 bridgehead atoms. The lowest BCUT2D eigenvalue weighted by Gasteiger charge is -2.17. The summed E-state index contributed by atoms with van der Waals surface area (Å²) in [6.07, 6.45) is 2.13. The van der Waals surface area contributed by atoms with Gasteiger partial charge in [-0.1, -0.05) is 50.2 Å². The predicted molar refractivity (Wildman–Crippen MR) is 92.1 cm³/mol. The third-order valence-corrected chi connectivity index (χ3v) is 4.09. The minimum Gasteiger partial charge on any atom is -0.384 e. The van der Waals surface area contributed by atoms with E-state index in [-0.39, 0.29) is 0 Å². The van der Waals surface area contributed by atoms with Gasteiger partial charge in [0, 0.05) is 28.7 Å². The second kappa shape index (κ2) is 5.72. The largest absolute Gasteiger partial charge is 0.384 e. The van der Waals surface area contributed by atoms with Crippen LogP contribution < -0.4 is 5.32 Å². The van der Waals surface area contributed by atoms with Gasteiger partial charge in [-0.05, 0) is 30.7 Å². The second-order valence-corrected chi connectivity index (χ2v) is 5.51. The topological polar surface area (TPSA) is 24.9 Å². The number of hydrogen-bond acceptors (Lipinski definition) is 2. The van der Waals surface area contributed by atoms with Crippen LogP contribution in [0.1, 0.15) is 31.5 Å². The van der Waals surface area contributed by atoms with E-state index in [2.05, 4.69) is 62.5 Å². The fourth-order valence-corrected chi connectivity index (χ4v) is 3.04. The molecule has 0 unspecified atom stereocenters. The van der Waals surface area contributed by atoms with Gasteiger partial charge in [0.2, 0.25) is 0 Å². The molecule has 21 heavy (non-hydrogen) atoms. The smallest absolute Gasteiger partial charge is 0.0804 e. The van der Waals surface area contributed by atoms with Gasteiger partial charge in [-0.3, -0.25) is 4.98 Å². The molecule has 2 nitrogen and oxygen atoms in total. The van der Waals surface area contributed by atoms with Crippen molar-refractivity contribution in [3.8, 4) is 0 Å². The highest BCUT2D eigenvalue weighted by molar-refractivity contribution is 6.09. The highest BCUT2D eigenvalue weighted by atomic mass is 14.9. The molecule has 2 heteroatoms. The highest BCUT2D eigenvalue weighted by Crippen LogP contribution is 2.33. The molecule has 0 fully saturated rings. The Kier molecular flexibility index (Phi) is 3.78. The van der Waals surface area contributed by atoms with E-state index in [9.17, 15) is 0 Å². The van der Waals surface area contributed by atoms with E-state index in [1.54, 1.807) is 0 Å². The number of rotatable bonds is 4. The Morgan fingerprint density at radius 3 is 2.57 bits per heavy atom. The summed E-state index contributed by atoms with van der Waals surface area (Å²) >= 11 is 0. The zero-order chi connectivity index (χ0) is 14.8. The number of aryl methyl sites for hydroxylation is 1. The van der Waals surface area contributed by atoms with Crippen LogP contribution in [0, 0.1) is 6.92 Å². The maximum atomic E-state index is 4.90. The lowest BCUT2D eigenvalue weighted by atomic mass is 10.00. The molecule has 0 saturated heterocycles. The number of nitrogens with zero attached hydrogens (tertiary/aromatic N) is 1. The molecular formula is C19H22N2. The number of fused-ring (bicyclic) bond motifs is 3. The maximum absolute atomic E-state index is 4.90. The molecule has 2 aromatic carbocycles. The molecular weight excluding hydrogens is 256 g/mol. The summed E-state index contributed by atoms with van der Waals surface area (Å²) < 4.78 is 0. The summed E-state index contributed by atoms with van der Waals surface area (Å²) in [5, 5.41) is 7.35. The van der Waals surface area contributed by atoms with Crippen molar-refractivity contribution < 1.29 is 0 Å². The number of aromatic nitrogens is 1. The molecule has 0 aliphatic rings. The molecule has 0 atom stereocenters. The van der Waals surface area contributed by atoms with Crippen LogP contribution in [0.5, 0.6) is 0 Å². The van der Waals surface area contributed by atoms with Crippen LogP contribution in [0.4, 0.5) is 5.69 Å². The molecule has 1 heterocycles. The SMILES string of the molecule is CCCNc1c(CC)c(C)nc2c1ccc1ccccc12. The fraction of sp³-hybridized carbons (Fsp3) is 0.316. The molecule has 0 aliphatic heterocycles. The van der Waals surface area contributed by atoms with Crippen molar-refractivity contribution in [1.29, 1.82) is 0 Å². The van der Waals surface area contributed by atoms with E-state index >= 15 is 0 Å². The van der Waals surface area contributed by atoms with Gasteiger partial charge in [0.15, 0.2) is 0 Å². The maximum Gasteiger partial charge on any atom is 0.0804 e. The van der Waals surface area contributed by atoms with Gasteiger partial charge >= 0.3 is 0 Å². The first-order valence-electron chi connectivity index (χ1n) is 7.81. The normalized spacial score (nSPS) is 11.2. The van der Waals surface area contributed by atoms with E-state index in [0.717, 1.165) is 30.6 Å². The Morgan fingerprint density at radius 1 is 1.00 bits per heavy atom. The molecule has 0 amide bonds. The van der Waals surface area contributed by atoms with Crippen molar-refractivity contribution in [2.24, 2.45) is 0 Å². The summed E-state index contributed by atoms with van der Waals surface area (Å²) in [6, 6.07) is 12.9. The summed E-state index contributed by atoms with van der Waals surface area (Å²) in [4.78, 5) is 4.90. The molecule has 3 rings (SSSR count). The standard InChI is InChI=1S/C19H22N2/c1-4-12-20-18-15(5-2)13(3)21-19-16-9-7-6-8-14(16)10-11-17(18)19/h6-11H,4-5,12H2,1-3H3,(H,20,21). The molecule has 0 saturated carbocycles. The molecule has 0 aliphatic carbocycles. The summed E-state index contributed by atoms with van der Waals surface area (Å²) in [5.74, 6) is 0. The van der Waals surface area contributed by atoms with Crippen LogP contribution in [-0.4, -0.2) is 11.5 Å². The molecule has 0 radical (unpaired) electrons. The first-order chi connectivity index (χ1) is 10.3. The van der Waals surface area contributed by atoms with Crippen molar-refractivity contribution in [3.63, 3.8) is 0 Å². The highest BCUT2D eigenvalue weighted by Gasteiger charge is 2.12. The van der Waals surface area contributed by atoms with E-state index in [1.807, 2.05) is 0 Å². The zero-order valence-corrected chi connectivity index (χ0v) is 13.0. The van der Waals surface area contributed by atoms with E-state index in [4.69, 9.17) is 4.98 Å². The van der Waals surface area contributed by atoms with Crippen molar-refractivity contribution in [3.05, 3.63) is 47.7 Å². The van der Waals surface area contributed by atoms with Gasteiger partial charge in [0.25, 0.3) is 0 Å². The van der Waals surface area contributed by atoms with Gasteiger partial charge in [0.1, 0.15) is 0 Å². The predicted octanol–water partition coefficient (Wildman–Crippen LogP) is 5.08. The van der Waals surface area contributed by atoms with E-state index in [1.165, 1.54) is 27.4 Å². The zero-order valence-electron chi connectivity index (χ0n) is 13.0. The third kappa shape index (κ3) is 2.35. The van der Waals surface area contributed by atoms with Crippen LogP contribution >= 0.6 is 0 Å². The lowest BCUT2D eigenvalue weighted by Crippen LogP contribution is -2.06. The number of anilines is 1. The minimum atomic E-state index is 0.998. The van der Waals surface area contributed by atoms with Crippen molar-refractivity contribution in [2.75, 3.05) is 11.9 Å². The quantitative estimate of drug-likeness (QED) is 0.673. The van der Waals surface area contributed by atoms with Crippen LogP contribution in [0.3, 0.4) is 0 Å². The summed E-state index contributed by atoms with van der Waals surface area (Å²) in [5.41, 5.74) is 4.86. The van der Waals surface area contributed by atoms with E-state index in [0.29, 0.717) is 0 Å². The van der Waals surface area contributed by atoms with Crippen LogP contribution in [0.2, 0.25) is 0 Å². The molecule has 108 valence electrons. The molecule has 1 aromatic heterocycles. The minimum absolute atomic E-state index is 0.998. The lowest BCUT2D eigenvalue weighted by molar-refractivity contribution is 0.969. The molecule has 1 N–H and O–H groups in total. The summed E-state index contributed by atoms with van der Waals surface area (Å²) in [7, 11) is 0.